The Morgan fingerprint density at radius 3 is 2.40 bits per heavy atom. The van der Waals surface area contributed by atoms with Gasteiger partial charge in [-0.25, -0.2) is 0 Å². The molecule has 0 amide bonds. The molecule has 1 unspecified atom stereocenters. The van der Waals surface area contributed by atoms with E-state index in [9.17, 15) is 0 Å². The smallest absolute Gasteiger partial charge is 0.119 e. The number of hydrogen-bond acceptors (Lipinski definition) is 1. The summed E-state index contributed by atoms with van der Waals surface area (Å²) in [4.78, 5) is 0. The SMILES string of the molecule is [CH2]C(Oc1ccccc1)C1CCCCC1. The zero-order chi connectivity index (χ0) is 10.5. The van der Waals surface area contributed by atoms with Gasteiger partial charge in [-0.2, -0.15) is 0 Å². The van der Waals surface area contributed by atoms with Crippen molar-refractivity contribution in [3.05, 3.63) is 37.3 Å². The van der Waals surface area contributed by atoms with E-state index in [0.29, 0.717) is 5.92 Å². The van der Waals surface area contributed by atoms with E-state index in [4.69, 9.17) is 4.74 Å². The zero-order valence-electron chi connectivity index (χ0n) is 9.19. The number of rotatable bonds is 3. The van der Waals surface area contributed by atoms with Gasteiger partial charge in [-0.05, 0) is 37.8 Å². The highest BCUT2D eigenvalue weighted by molar-refractivity contribution is 5.21. The van der Waals surface area contributed by atoms with Crippen molar-refractivity contribution in [3.8, 4) is 5.75 Å². The normalized spacial score (nSPS) is 19.8. The van der Waals surface area contributed by atoms with E-state index in [2.05, 4.69) is 6.92 Å². The van der Waals surface area contributed by atoms with Gasteiger partial charge in [0.05, 0.1) is 0 Å². The molecule has 0 N–H and O–H groups in total. The highest BCUT2D eigenvalue weighted by Gasteiger charge is 2.21. The van der Waals surface area contributed by atoms with Crippen LogP contribution in [0.25, 0.3) is 0 Å². The van der Waals surface area contributed by atoms with Crippen LogP contribution in [0.3, 0.4) is 0 Å². The molecule has 1 aromatic rings. The predicted octanol–water partition coefficient (Wildman–Crippen LogP) is 3.85. The third-order valence-electron chi connectivity index (χ3n) is 3.21. The molecule has 0 saturated heterocycles. The lowest BCUT2D eigenvalue weighted by atomic mass is 9.86. The van der Waals surface area contributed by atoms with Gasteiger partial charge < -0.3 is 4.74 Å². The summed E-state index contributed by atoms with van der Waals surface area (Å²) in [6.45, 7) is 4.13. The highest BCUT2D eigenvalue weighted by atomic mass is 16.5. The third-order valence-corrected chi connectivity index (χ3v) is 3.21. The second-order valence-corrected chi connectivity index (χ2v) is 4.37. The maximum absolute atomic E-state index is 5.84. The second kappa shape index (κ2) is 5.20. The number of benzene rings is 1. The Kier molecular flexibility index (Phi) is 3.65. The van der Waals surface area contributed by atoms with E-state index in [1.807, 2.05) is 30.3 Å². The van der Waals surface area contributed by atoms with Crippen LogP contribution in [0.1, 0.15) is 32.1 Å². The monoisotopic (exact) mass is 203 g/mol. The largest absolute Gasteiger partial charge is 0.490 e. The van der Waals surface area contributed by atoms with Crippen molar-refractivity contribution in [2.45, 2.75) is 38.2 Å². The summed E-state index contributed by atoms with van der Waals surface area (Å²) in [6, 6.07) is 10.0. The molecule has 1 aliphatic carbocycles. The third kappa shape index (κ3) is 2.98. The van der Waals surface area contributed by atoms with Crippen molar-refractivity contribution in [1.29, 1.82) is 0 Å². The molecule has 0 spiro atoms. The van der Waals surface area contributed by atoms with Crippen molar-refractivity contribution in [2.24, 2.45) is 5.92 Å². The van der Waals surface area contributed by atoms with Crippen LogP contribution >= 0.6 is 0 Å². The molecule has 0 aliphatic heterocycles. The lowest BCUT2D eigenvalue weighted by Gasteiger charge is -2.27. The van der Waals surface area contributed by atoms with Crippen LogP contribution in [-0.4, -0.2) is 6.10 Å². The van der Waals surface area contributed by atoms with Gasteiger partial charge in [0.15, 0.2) is 0 Å². The van der Waals surface area contributed by atoms with Crippen molar-refractivity contribution < 1.29 is 4.74 Å². The number of hydrogen-bond donors (Lipinski definition) is 0. The van der Waals surface area contributed by atoms with E-state index in [1.54, 1.807) is 0 Å². The molecule has 1 aliphatic rings. The second-order valence-electron chi connectivity index (χ2n) is 4.37. The summed E-state index contributed by atoms with van der Waals surface area (Å²) in [5, 5.41) is 0. The zero-order valence-corrected chi connectivity index (χ0v) is 9.19. The topological polar surface area (TPSA) is 9.23 Å². The quantitative estimate of drug-likeness (QED) is 0.725. The maximum atomic E-state index is 5.84. The fourth-order valence-corrected chi connectivity index (χ4v) is 2.28. The molecule has 1 aromatic carbocycles. The molecule has 0 aromatic heterocycles. The molecule has 0 heterocycles. The van der Waals surface area contributed by atoms with Gasteiger partial charge in [0, 0.05) is 0 Å². The van der Waals surface area contributed by atoms with Gasteiger partial charge in [0.2, 0.25) is 0 Å². The van der Waals surface area contributed by atoms with Gasteiger partial charge in [0.25, 0.3) is 0 Å². The van der Waals surface area contributed by atoms with Crippen LogP contribution in [-0.2, 0) is 0 Å². The van der Waals surface area contributed by atoms with Crippen molar-refractivity contribution in [2.75, 3.05) is 0 Å². The lowest BCUT2D eigenvalue weighted by molar-refractivity contribution is 0.144. The molecule has 81 valence electrons. The predicted molar refractivity (Wildman–Crippen MR) is 62.8 cm³/mol. The van der Waals surface area contributed by atoms with E-state index in [1.165, 1.54) is 32.1 Å². The molecule has 1 atom stereocenters. The average molecular weight is 203 g/mol. The minimum atomic E-state index is 0.118. The summed E-state index contributed by atoms with van der Waals surface area (Å²) < 4.78 is 5.84. The Balaban J connectivity index is 1.88. The van der Waals surface area contributed by atoms with Crippen molar-refractivity contribution in [3.63, 3.8) is 0 Å². The summed E-state index contributed by atoms with van der Waals surface area (Å²) in [7, 11) is 0. The summed E-state index contributed by atoms with van der Waals surface area (Å²) in [5.74, 6) is 1.60. The Morgan fingerprint density at radius 1 is 1.07 bits per heavy atom. The Morgan fingerprint density at radius 2 is 1.73 bits per heavy atom. The molecule has 1 heteroatoms. The van der Waals surface area contributed by atoms with Gasteiger partial charge >= 0.3 is 0 Å². The summed E-state index contributed by atoms with van der Waals surface area (Å²) in [5.41, 5.74) is 0. The van der Waals surface area contributed by atoms with Crippen LogP contribution in [0.15, 0.2) is 30.3 Å². The molecule has 1 saturated carbocycles. The first-order valence-electron chi connectivity index (χ1n) is 5.91. The number of para-hydroxylation sites is 1. The summed E-state index contributed by atoms with van der Waals surface area (Å²) in [6.07, 6.45) is 6.74. The van der Waals surface area contributed by atoms with Crippen LogP contribution < -0.4 is 4.74 Å². The minimum absolute atomic E-state index is 0.118. The average Bonchev–Trinajstić information content (AvgIpc) is 2.31. The minimum Gasteiger partial charge on any atom is -0.490 e. The Labute approximate surface area is 92.5 Å². The van der Waals surface area contributed by atoms with E-state index >= 15 is 0 Å². The summed E-state index contributed by atoms with van der Waals surface area (Å²) >= 11 is 0. The van der Waals surface area contributed by atoms with Crippen LogP contribution in [0.5, 0.6) is 5.75 Å². The first-order valence-corrected chi connectivity index (χ1v) is 5.91. The van der Waals surface area contributed by atoms with Crippen LogP contribution in [0, 0.1) is 12.8 Å². The van der Waals surface area contributed by atoms with Crippen LogP contribution in [0.4, 0.5) is 0 Å². The molecule has 15 heavy (non-hydrogen) atoms. The molecule has 1 nitrogen and oxygen atoms in total. The van der Waals surface area contributed by atoms with Gasteiger partial charge in [0.1, 0.15) is 11.9 Å². The molecule has 1 radical (unpaired) electrons. The van der Waals surface area contributed by atoms with Crippen molar-refractivity contribution in [1.82, 2.24) is 0 Å². The van der Waals surface area contributed by atoms with Gasteiger partial charge in [-0.3, -0.25) is 0 Å². The van der Waals surface area contributed by atoms with Gasteiger partial charge in [-0.15, -0.1) is 0 Å². The van der Waals surface area contributed by atoms with E-state index < -0.39 is 0 Å². The maximum Gasteiger partial charge on any atom is 0.119 e. The first kappa shape index (κ1) is 10.5. The fraction of sp³-hybridized carbons (Fsp3) is 0.500. The Bertz CT molecular complexity index is 275. The van der Waals surface area contributed by atoms with Crippen LogP contribution in [0.2, 0.25) is 0 Å². The fourth-order valence-electron chi connectivity index (χ4n) is 2.28. The first-order chi connectivity index (χ1) is 7.36. The molecule has 1 fully saturated rings. The Hall–Kier alpha value is -0.980. The van der Waals surface area contributed by atoms with Gasteiger partial charge in [-0.1, -0.05) is 37.5 Å². The molecular weight excluding hydrogens is 184 g/mol. The van der Waals surface area contributed by atoms with Crippen molar-refractivity contribution >= 4 is 0 Å². The van der Waals surface area contributed by atoms with E-state index in [0.717, 1.165) is 5.75 Å². The number of ether oxygens (including phenoxy) is 1. The molecule has 0 bridgehead atoms. The highest BCUT2D eigenvalue weighted by Crippen LogP contribution is 2.28. The molecule has 2 rings (SSSR count). The molecular formula is C14H19O. The standard InChI is InChI=1S/C14H19O/c1-12(13-8-4-2-5-9-13)15-14-10-6-3-7-11-14/h3,6-7,10-13H,1-2,4-5,8-9H2. The van der Waals surface area contributed by atoms with E-state index in [-0.39, 0.29) is 6.10 Å². The lowest BCUT2D eigenvalue weighted by Crippen LogP contribution is -2.25.